The van der Waals surface area contributed by atoms with E-state index in [0.29, 0.717) is 5.92 Å². The Morgan fingerprint density at radius 3 is 2.33 bits per heavy atom. The molecular weight excluding hydrogens is 222 g/mol. The quantitative estimate of drug-likeness (QED) is 0.716. The molecule has 0 radical (unpaired) electrons. The number of aryl methyl sites for hydroxylation is 2. The molecule has 0 N–H and O–H groups in total. The fourth-order valence-electron chi connectivity index (χ4n) is 2.27. The van der Waals surface area contributed by atoms with E-state index < -0.39 is 0 Å². The van der Waals surface area contributed by atoms with Crippen molar-refractivity contribution < 1.29 is 4.79 Å². The molecule has 1 heterocycles. The minimum atomic E-state index is 0.434. The minimum absolute atomic E-state index is 0.434. The summed E-state index contributed by atoms with van der Waals surface area (Å²) in [5.41, 5.74) is 4.44. The van der Waals surface area contributed by atoms with E-state index in [4.69, 9.17) is 0 Å². The van der Waals surface area contributed by atoms with Gasteiger partial charge in [-0.25, -0.2) is 0 Å². The molecule has 2 nitrogen and oxygen atoms in total. The van der Waals surface area contributed by atoms with E-state index >= 15 is 0 Å². The zero-order valence-electron chi connectivity index (χ0n) is 12.2. The number of aromatic nitrogens is 1. The lowest BCUT2D eigenvalue weighted by Gasteiger charge is -2.10. The van der Waals surface area contributed by atoms with Crippen LogP contribution in [0.2, 0.25) is 0 Å². The fraction of sp³-hybridized carbons (Fsp3) is 0.438. The molecule has 18 heavy (non-hydrogen) atoms. The van der Waals surface area contributed by atoms with E-state index in [1.54, 1.807) is 0 Å². The molecule has 0 amide bonds. The summed E-state index contributed by atoms with van der Waals surface area (Å²) in [6.07, 6.45) is 2.85. The number of rotatable bonds is 2. The maximum absolute atomic E-state index is 11.1. The van der Waals surface area contributed by atoms with Crippen LogP contribution in [0.15, 0.2) is 18.3 Å². The van der Waals surface area contributed by atoms with Gasteiger partial charge in [-0.1, -0.05) is 33.8 Å². The summed E-state index contributed by atoms with van der Waals surface area (Å²) < 4.78 is 2.03. The SMILES string of the molecule is CC.Cc1cc(C(C)C)c2c(C=O)cn(C)c2c1. The third-order valence-electron chi connectivity index (χ3n) is 3.04. The molecule has 0 spiro atoms. The van der Waals surface area contributed by atoms with Gasteiger partial charge in [0.2, 0.25) is 0 Å². The van der Waals surface area contributed by atoms with Gasteiger partial charge in [-0.3, -0.25) is 4.79 Å². The van der Waals surface area contributed by atoms with Crippen LogP contribution < -0.4 is 0 Å². The third-order valence-corrected chi connectivity index (χ3v) is 3.04. The summed E-state index contributed by atoms with van der Waals surface area (Å²) in [5.74, 6) is 0.434. The maximum Gasteiger partial charge on any atom is 0.152 e. The zero-order chi connectivity index (χ0) is 13.9. The molecule has 0 saturated carbocycles. The van der Waals surface area contributed by atoms with Crippen molar-refractivity contribution in [3.05, 3.63) is 35.0 Å². The van der Waals surface area contributed by atoms with Gasteiger partial charge in [-0.05, 0) is 30.0 Å². The van der Waals surface area contributed by atoms with Crippen molar-refractivity contribution >= 4 is 17.2 Å². The van der Waals surface area contributed by atoms with Crippen LogP contribution in [0.4, 0.5) is 0 Å². The predicted octanol–water partition coefficient (Wildman–Crippen LogP) is 4.45. The Balaban J connectivity index is 0.000000771. The highest BCUT2D eigenvalue weighted by atomic mass is 16.1. The summed E-state index contributed by atoms with van der Waals surface area (Å²) >= 11 is 0. The Bertz CT molecular complexity index is 550. The number of aldehydes is 1. The van der Waals surface area contributed by atoms with Gasteiger partial charge in [0.15, 0.2) is 6.29 Å². The van der Waals surface area contributed by atoms with Gasteiger partial charge < -0.3 is 4.57 Å². The van der Waals surface area contributed by atoms with Gasteiger partial charge in [-0.2, -0.15) is 0 Å². The van der Waals surface area contributed by atoms with E-state index in [0.717, 1.165) is 22.8 Å². The molecule has 0 fully saturated rings. The lowest BCUT2D eigenvalue weighted by atomic mass is 9.95. The van der Waals surface area contributed by atoms with Crippen LogP contribution in [0.3, 0.4) is 0 Å². The molecule has 98 valence electrons. The summed E-state index contributed by atoms with van der Waals surface area (Å²) in [7, 11) is 1.98. The molecule has 1 aromatic carbocycles. The Kier molecular flexibility index (Phi) is 4.71. The average molecular weight is 245 g/mol. The number of carbonyl (C=O) groups is 1. The lowest BCUT2D eigenvalue weighted by molar-refractivity contribution is 0.112. The molecule has 1 aromatic heterocycles. The number of hydrogen-bond donors (Lipinski definition) is 0. The topological polar surface area (TPSA) is 22.0 Å². The van der Waals surface area contributed by atoms with Crippen molar-refractivity contribution in [3.63, 3.8) is 0 Å². The second kappa shape index (κ2) is 5.85. The zero-order valence-corrected chi connectivity index (χ0v) is 12.2. The van der Waals surface area contributed by atoms with Crippen LogP contribution in [0.5, 0.6) is 0 Å². The van der Waals surface area contributed by atoms with E-state index in [2.05, 4.69) is 32.9 Å². The average Bonchev–Trinajstić information content (AvgIpc) is 2.68. The molecule has 2 heteroatoms. The summed E-state index contributed by atoms with van der Waals surface area (Å²) in [4.78, 5) is 11.1. The first-order valence-electron chi connectivity index (χ1n) is 6.59. The number of fused-ring (bicyclic) bond motifs is 1. The van der Waals surface area contributed by atoms with Crippen LogP contribution in [0.25, 0.3) is 10.9 Å². The van der Waals surface area contributed by atoms with E-state index in [1.807, 2.05) is 31.7 Å². The molecule has 0 bridgehead atoms. The molecule has 0 atom stereocenters. The smallest absolute Gasteiger partial charge is 0.152 e. The predicted molar refractivity (Wildman–Crippen MR) is 78.5 cm³/mol. The van der Waals surface area contributed by atoms with Gasteiger partial charge in [0.1, 0.15) is 0 Å². The Morgan fingerprint density at radius 1 is 1.22 bits per heavy atom. The third kappa shape index (κ3) is 2.47. The van der Waals surface area contributed by atoms with Gasteiger partial charge in [0.05, 0.1) is 0 Å². The van der Waals surface area contributed by atoms with Crippen LogP contribution >= 0.6 is 0 Å². The van der Waals surface area contributed by atoms with Crippen molar-refractivity contribution in [2.24, 2.45) is 7.05 Å². The van der Waals surface area contributed by atoms with Crippen molar-refractivity contribution in [2.45, 2.75) is 40.5 Å². The largest absolute Gasteiger partial charge is 0.350 e. The molecule has 0 aliphatic carbocycles. The highest BCUT2D eigenvalue weighted by Gasteiger charge is 2.13. The lowest BCUT2D eigenvalue weighted by Crippen LogP contribution is -1.93. The first-order valence-corrected chi connectivity index (χ1v) is 6.59. The first-order chi connectivity index (χ1) is 8.54. The number of carbonyl (C=O) groups excluding carboxylic acids is 1. The van der Waals surface area contributed by atoms with E-state index in [1.165, 1.54) is 11.1 Å². The Labute approximate surface area is 110 Å². The van der Waals surface area contributed by atoms with Gasteiger partial charge in [0.25, 0.3) is 0 Å². The van der Waals surface area contributed by atoms with Crippen LogP contribution in [-0.4, -0.2) is 10.9 Å². The molecule has 0 aliphatic rings. The van der Waals surface area contributed by atoms with Crippen molar-refractivity contribution in [3.8, 4) is 0 Å². The molecule has 0 saturated heterocycles. The van der Waals surface area contributed by atoms with Gasteiger partial charge >= 0.3 is 0 Å². The number of nitrogens with zero attached hydrogens (tertiary/aromatic N) is 1. The molecule has 2 aromatic rings. The normalized spacial score (nSPS) is 10.4. The van der Waals surface area contributed by atoms with Crippen molar-refractivity contribution in [2.75, 3.05) is 0 Å². The monoisotopic (exact) mass is 245 g/mol. The molecule has 2 rings (SSSR count). The van der Waals surface area contributed by atoms with Crippen LogP contribution in [-0.2, 0) is 7.05 Å². The van der Waals surface area contributed by atoms with E-state index in [-0.39, 0.29) is 0 Å². The number of hydrogen-bond acceptors (Lipinski definition) is 1. The van der Waals surface area contributed by atoms with E-state index in [9.17, 15) is 4.79 Å². The minimum Gasteiger partial charge on any atom is -0.350 e. The van der Waals surface area contributed by atoms with Crippen LogP contribution in [0.1, 0.15) is 55.1 Å². The Hall–Kier alpha value is -1.57. The molecular formula is C16H23NO. The van der Waals surface area contributed by atoms with Gasteiger partial charge in [0, 0.05) is 29.7 Å². The maximum atomic E-state index is 11.1. The standard InChI is InChI=1S/C14H17NO.C2H6/c1-9(2)12-5-10(3)6-13-14(12)11(8-16)7-15(13)4;1-2/h5-9H,1-4H3;1-2H3. The van der Waals surface area contributed by atoms with Crippen molar-refractivity contribution in [1.29, 1.82) is 0 Å². The van der Waals surface area contributed by atoms with Crippen LogP contribution in [0, 0.1) is 6.92 Å². The summed E-state index contributed by atoms with van der Waals surface area (Å²) in [6.45, 7) is 10.4. The summed E-state index contributed by atoms with van der Waals surface area (Å²) in [6, 6.07) is 4.31. The number of benzene rings is 1. The Morgan fingerprint density at radius 2 is 1.83 bits per heavy atom. The highest BCUT2D eigenvalue weighted by Crippen LogP contribution is 2.30. The molecule has 0 unspecified atom stereocenters. The summed E-state index contributed by atoms with van der Waals surface area (Å²) in [5, 5.41) is 1.11. The second-order valence-corrected chi connectivity index (χ2v) is 4.72. The van der Waals surface area contributed by atoms with Gasteiger partial charge in [-0.15, -0.1) is 0 Å². The second-order valence-electron chi connectivity index (χ2n) is 4.72. The highest BCUT2D eigenvalue weighted by molar-refractivity contribution is 6.00. The first kappa shape index (κ1) is 14.5. The van der Waals surface area contributed by atoms with Crippen molar-refractivity contribution in [1.82, 2.24) is 4.57 Å². The molecule has 0 aliphatic heterocycles. The fourth-order valence-corrected chi connectivity index (χ4v) is 2.27.